The van der Waals surface area contributed by atoms with Gasteiger partial charge in [-0.1, -0.05) is 37.3 Å². The van der Waals surface area contributed by atoms with Crippen LogP contribution in [0.4, 0.5) is 0 Å². The molecule has 148 valence electrons. The number of thioether (sulfide) groups is 1. The third-order valence-electron chi connectivity index (χ3n) is 9.06. The molecule has 5 aliphatic rings. The highest BCUT2D eigenvalue weighted by Crippen LogP contribution is 2.67. The maximum Gasteiger partial charge on any atom is 0.182 e. The van der Waals surface area contributed by atoms with Crippen molar-refractivity contribution in [3.8, 4) is 0 Å². The fourth-order valence-corrected chi connectivity index (χ4v) is 8.17. The summed E-state index contributed by atoms with van der Waals surface area (Å²) in [6, 6.07) is 0. The second kappa shape index (κ2) is 6.28. The van der Waals surface area contributed by atoms with Crippen LogP contribution in [0.2, 0.25) is 0 Å². The Morgan fingerprint density at radius 1 is 1.19 bits per heavy atom. The van der Waals surface area contributed by atoms with Crippen molar-refractivity contribution >= 4 is 16.9 Å². The highest BCUT2D eigenvalue weighted by Gasteiger charge is 2.59. The number of amidine groups is 1. The van der Waals surface area contributed by atoms with Crippen LogP contribution in [0.25, 0.3) is 0 Å². The molecule has 0 radical (unpaired) electrons. The Morgan fingerprint density at radius 2 is 2.04 bits per heavy atom. The van der Waals surface area contributed by atoms with Crippen molar-refractivity contribution in [2.75, 3.05) is 0 Å². The van der Waals surface area contributed by atoms with Crippen molar-refractivity contribution in [1.82, 2.24) is 5.43 Å². The van der Waals surface area contributed by atoms with E-state index in [1.54, 1.807) is 17.3 Å². The molecule has 7 atom stereocenters. The number of hydrogen-bond acceptors (Lipinski definition) is 5. The molecule has 3 saturated carbocycles. The summed E-state index contributed by atoms with van der Waals surface area (Å²) in [7, 11) is 0. The Kier molecular flexibility index (Phi) is 4.21. The van der Waals surface area contributed by atoms with Gasteiger partial charge in [-0.15, -0.1) is 0 Å². The number of nitrogens with zero attached hydrogens (tertiary/aromatic N) is 1. The minimum absolute atomic E-state index is 0.111. The molecule has 4 aliphatic carbocycles. The molecule has 0 aromatic rings. The lowest BCUT2D eigenvalue weighted by atomic mass is 9.47. The highest BCUT2D eigenvalue weighted by atomic mass is 32.2. The molecule has 4 nitrogen and oxygen atoms in total. The molecule has 0 unspecified atom stereocenters. The number of aliphatic hydroxyl groups excluding tert-OH is 1. The van der Waals surface area contributed by atoms with Gasteiger partial charge in [-0.05, 0) is 80.0 Å². The first kappa shape index (κ1) is 18.1. The summed E-state index contributed by atoms with van der Waals surface area (Å²) in [5.74, 6) is 3.00. The molecule has 1 heterocycles. The summed E-state index contributed by atoms with van der Waals surface area (Å²) in [6.07, 6.45) is 12.0. The van der Waals surface area contributed by atoms with Crippen LogP contribution < -0.4 is 11.2 Å². The van der Waals surface area contributed by atoms with E-state index in [4.69, 9.17) is 5.73 Å². The smallest absolute Gasteiger partial charge is 0.182 e. The molecule has 0 aromatic carbocycles. The molecule has 0 spiro atoms. The van der Waals surface area contributed by atoms with Crippen LogP contribution in [0.5, 0.6) is 0 Å². The van der Waals surface area contributed by atoms with Gasteiger partial charge in [-0.2, -0.15) is 5.10 Å². The van der Waals surface area contributed by atoms with Gasteiger partial charge in [0.2, 0.25) is 0 Å². The fourth-order valence-electron chi connectivity index (χ4n) is 7.61. The van der Waals surface area contributed by atoms with Crippen molar-refractivity contribution in [3.05, 3.63) is 22.8 Å². The van der Waals surface area contributed by atoms with E-state index in [9.17, 15) is 5.11 Å². The molecular formula is C22H33N3OS. The molecule has 1 aliphatic heterocycles. The molecular weight excluding hydrogens is 354 g/mol. The Hall–Kier alpha value is -0.940. The largest absolute Gasteiger partial charge is 0.393 e. The normalized spacial score (nSPS) is 49.0. The lowest BCUT2D eigenvalue weighted by Crippen LogP contribution is -2.50. The molecule has 5 rings (SSSR count). The zero-order valence-electron chi connectivity index (χ0n) is 16.6. The number of fused-ring (bicyclic) bond motifs is 5. The second-order valence-electron chi connectivity index (χ2n) is 10.1. The van der Waals surface area contributed by atoms with E-state index in [1.165, 1.54) is 44.2 Å². The first-order valence-corrected chi connectivity index (χ1v) is 11.6. The van der Waals surface area contributed by atoms with Crippen molar-refractivity contribution in [1.29, 1.82) is 0 Å². The van der Waals surface area contributed by atoms with E-state index in [0.29, 0.717) is 21.9 Å². The van der Waals surface area contributed by atoms with Gasteiger partial charge in [-0.25, -0.2) is 0 Å². The predicted molar refractivity (Wildman–Crippen MR) is 112 cm³/mol. The monoisotopic (exact) mass is 387 g/mol. The van der Waals surface area contributed by atoms with Gasteiger partial charge in [0, 0.05) is 17.0 Å². The van der Waals surface area contributed by atoms with Gasteiger partial charge in [0.15, 0.2) is 5.17 Å². The molecule has 4 N–H and O–H groups in total. The molecule has 5 heteroatoms. The second-order valence-corrected chi connectivity index (χ2v) is 11.0. The Morgan fingerprint density at radius 3 is 2.81 bits per heavy atom. The van der Waals surface area contributed by atoms with E-state index in [2.05, 4.69) is 35.9 Å². The molecule has 0 aromatic heterocycles. The third kappa shape index (κ3) is 2.64. The molecule has 0 bridgehead atoms. The summed E-state index contributed by atoms with van der Waals surface area (Å²) in [5.41, 5.74) is 12.6. The van der Waals surface area contributed by atoms with Crippen LogP contribution in [-0.2, 0) is 0 Å². The maximum atomic E-state index is 10.2. The average Bonchev–Trinajstić information content (AvgIpc) is 3.00. The topological polar surface area (TPSA) is 70.6 Å². The number of rotatable bonds is 1. The zero-order chi connectivity index (χ0) is 18.8. The van der Waals surface area contributed by atoms with Gasteiger partial charge in [0.25, 0.3) is 0 Å². The van der Waals surface area contributed by atoms with E-state index >= 15 is 0 Å². The van der Waals surface area contributed by atoms with Crippen LogP contribution >= 0.6 is 11.8 Å². The van der Waals surface area contributed by atoms with E-state index in [-0.39, 0.29) is 6.10 Å². The van der Waals surface area contributed by atoms with Crippen molar-refractivity contribution in [2.24, 2.45) is 45.3 Å². The summed E-state index contributed by atoms with van der Waals surface area (Å²) < 4.78 is 0. The summed E-state index contributed by atoms with van der Waals surface area (Å²) in [4.78, 5) is 0. The van der Waals surface area contributed by atoms with Crippen molar-refractivity contribution < 1.29 is 5.11 Å². The summed E-state index contributed by atoms with van der Waals surface area (Å²) >= 11 is 1.56. The number of nitrogens with one attached hydrogen (secondary N) is 1. The number of allylic oxidation sites excluding steroid dienone is 2. The van der Waals surface area contributed by atoms with Crippen LogP contribution in [0.15, 0.2) is 27.9 Å². The quantitative estimate of drug-likeness (QED) is 0.586. The lowest BCUT2D eigenvalue weighted by Gasteiger charge is -2.58. The Labute approximate surface area is 167 Å². The fraction of sp³-hybridized carbons (Fsp3) is 0.773. The van der Waals surface area contributed by atoms with Crippen LogP contribution in [-0.4, -0.2) is 16.4 Å². The molecule has 0 amide bonds. The number of nitrogens with two attached hydrogens (primary N) is 1. The van der Waals surface area contributed by atoms with E-state index < -0.39 is 0 Å². The summed E-state index contributed by atoms with van der Waals surface area (Å²) in [6.45, 7) is 5.06. The van der Waals surface area contributed by atoms with Gasteiger partial charge in [-0.3, -0.25) is 5.43 Å². The van der Waals surface area contributed by atoms with Gasteiger partial charge in [0.1, 0.15) is 0 Å². The highest BCUT2D eigenvalue weighted by molar-refractivity contribution is 8.16. The summed E-state index contributed by atoms with van der Waals surface area (Å²) in [5, 5.41) is 17.3. The first-order valence-electron chi connectivity index (χ1n) is 10.8. The average molecular weight is 388 g/mol. The number of hydrogen-bond donors (Lipinski definition) is 3. The van der Waals surface area contributed by atoms with E-state index in [0.717, 1.165) is 30.6 Å². The Bertz CT molecular complexity index is 731. The number of hydrazone groups is 1. The lowest BCUT2D eigenvalue weighted by molar-refractivity contribution is -0.0459. The van der Waals surface area contributed by atoms with Gasteiger partial charge < -0.3 is 10.8 Å². The molecule has 27 heavy (non-hydrogen) atoms. The third-order valence-corrected chi connectivity index (χ3v) is 9.76. The zero-order valence-corrected chi connectivity index (χ0v) is 17.4. The van der Waals surface area contributed by atoms with Crippen LogP contribution in [0.3, 0.4) is 0 Å². The number of aliphatic hydroxyl groups is 1. The maximum absolute atomic E-state index is 10.2. The minimum Gasteiger partial charge on any atom is -0.393 e. The van der Waals surface area contributed by atoms with E-state index in [1.807, 2.05) is 0 Å². The predicted octanol–water partition coefficient (Wildman–Crippen LogP) is 4.33. The standard InChI is InChI=1S/C22H33N3OS/c1-21-9-7-14(26)11-13(21)3-4-15-16-5-6-18(19-12-27-20(23)25-24-19)22(16,2)10-8-17(15)21/h3,12,14-18,24,26H,4-11H2,1-2H3,(H2,23,25)/t14-,15-,16-,17-,18+,21-,22-/m0/s1. The van der Waals surface area contributed by atoms with Crippen LogP contribution in [0.1, 0.15) is 65.2 Å². The molecule has 0 saturated heterocycles. The Balaban J connectivity index is 1.42. The van der Waals surface area contributed by atoms with Crippen LogP contribution in [0, 0.1) is 34.5 Å². The van der Waals surface area contributed by atoms with Crippen molar-refractivity contribution in [2.45, 2.75) is 71.3 Å². The van der Waals surface area contributed by atoms with Gasteiger partial charge >= 0.3 is 0 Å². The van der Waals surface area contributed by atoms with Gasteiger partial charge in [0.05, 0.1) is 6.10 Å². The van der Waals surface area contributed by atoms with Crippen molar-refractivity contribution in [3.63, 3.8) is 0 Å². The minimum atomic E-state index is -0.111. The molecule has 3 fully saturated rings. The first-order chi connectivity index (χ1) is 12.9. The SMILES string of the molecule is C[C@]12CC[C@H]3[C@@H](CC=C4C[C@@H](O)CC[C@@]43C)[C@@H]1CC[C@@H]2C1=CSC(N)=NN1.